The van der Waals surface area contributed by atoms with E-state index in [0.29, 0.717) is 11.3 Å². The van der Waals surface area contributed by atoms with Crippen LogP contribution in [0.1, 0.15) is 0 Å². The van der Waals surface area contributed by atoms with Crippen LogP contribution >= 0.6 is 0 Å². The van der Waals surface area contributed by atoms with E-state index in [1.165, 1.54) is 9.13 Å². The van der Waals surface area contributed by atoms with E-state index in [1.807, 2.05) is 0 Å². The summed E-state index contributed by atoms with van der Waals surface area (Å²) in [6, 6.07) is 0. The number of hydrogen-bond acceptors (Lipinski definition) is 8. The third-order valence-corrected chi connectivity index (χ3v) is 4.87. The monoisotopic (exact) mass is 418 g/mol. The Morgan fingerprint density at radius 1 is 0.900 bits per heavy atom. The zero-order valence-electron chi connectivity index (χ0n) is 16.3. The van der Waals surface area contributed by atoms with Gasteiger partial charge in [0.1, 0.15) is 12.2 Å². The molecule has 4 aromatic heterocycles. The maximum Gasteiger partial charge on any atom is 0.311 e. The van der Waals surface area contributed by atoms with Gasteiger partial charge in [-0.25, -0.2) is 9.13 Å². The summed E-state index contributed by atoms with van der Waals surface area (Å²) < 4.78 is 6.15. The molecule has 14 heteroatoms. The van der Waals surface area contributed by atoms with Crippen molar-refractivity contribution >= 4 is 34.2 Å². The number of aromatic amines is 2. The van der Waals surface area contributed by atoms with Crippen molar-refractivity contribution in [1.29, 1.82) is 0 Å². The number of anilines is 2. The van der Waals surface area contributed by atoms with Gasteiger partial charge in [0.2, 0.25) is 11.0 Å². The Bertz CT molecular complexity index is 1270. The van der Waals surface area contributed by atoms with Gasteiger partial charge < -0.3 is 21.7 Å². The smallest absolute Gasteiger partial charge is 0.311 e. The van der Waals surface area contributed by atoms with Crippen LogP contribution in [0.3, 0.4) is 0 Å². The second-order valence-corrected chi connectivity index (χ2v) is 7.14. The highest BCUT2D eigenvalue weighted by Gasteiger charge is 2.28. The van der Waals surface area contributed by atoms with E-state index in [4.69, 9.17) is 11.5 Å². The Kier molecular flexibility index (Phi) is 4.51. The van der Waals surface area contributed by atoms with Crippen LogP contribution in [-0.2, 0) is 27.2 Å². The lowest BCUT2D eigenvalue weighted by atomic mass is 10.2. The molecule has 0 radical (unpaired) electrons. The molecular formula is C16H22N10O4+2. The topological polar surface area (TPSA) is 202 Å². The molecule has 158 valence electrons. The average molecular weight is 418 g/mol. The summed E-state index contributed by atoms with van der Waals surface area (Å²) in [7, 11) is 3.37. The molecule has 0 unspecified atom stereocenters. The van der Waals surface area contributed by atoms with E-state index in [1.54, 1.807) is 35.9 Å². The number of aliphatic hydroxyl groups is 2. The largest absolute Gasteiger partial charge is 0.387 e. The fourth-order valence-electron chi connectivity index (χ4n) is 3.52. The molecule has 0 aromatic carbocycles. The summed E-state index contributed by atoms with van der Waals surface area (Å²) in [5.74, 6) is -0.0403. The summed E-state index contributed by atoms with van der Waals surface area (Å²) in [5.41, 5.74) is 11.4. The number of nitrogens with one attached hydrogen (secondary N) is 2. The first-order chi connectivity index (χ1) is 14.2. The lowest BCUT2D eigenvalue weighted by molar-refractivity contribution is -0.647. The predicted octanol–water partition coefficient (Wildman–Crippen LogP) is -4.00. The first-order valence-corrected chi connectivity index (χ1v) is 9.00. The van der Waals surface area contributed by atoms with Crippen LogP contribution in [0.25, 0.3) is 22.3 Å². The van der Waals surface area contributed by atoms with E-state index < -0.39 is 23.3 Å². The second-order valence-electron chi connectivity index (χ2n) is 7.14. The highest BCUT2D eigenvalue weighted by molar-refractivity contribution is 5.67. The van der Waals surface area contributed by atoms with Crippen molar-refractivity contribution in [2.45, 2.75) is 25.3 Å². The Balaban J connectivity index is 1.62. The van der Waals surface area contributed by atoms with Gasteiger partial charge in [0, 0.05) is 0 Å². The second kappa shape index (κ2) is 6.93. The molecule has 14 nitrogen and oxygen atoms in total. The van der Waals surface area contributed by atoms with E-state index in [2.05, 4.69) is 19.9 Å². The Morgan fingerprint density at radius 2 is 1.27 bits per heavy atom. The molecule has 0 aliphatic rings. The molecule has 2 atom stereocenters. The van der Waals surface area contributed by atoms with E-state index in [-0.39, 0.29) is 36.0 Å². The van der Waals surface area contributed by atoms with Gasteiger partial charge in [-0.15, -0.1) is 0 Å². The van der Waals surface area contributed by atoms with Crippen LogP contribution in [0.15, 0.2) is 22.2 Å². The van der Waals surface area contributed by atoms with E-state index in [9.17, 15) is 19.8 Å². The van der Waals surface area contributed by atoms with Gasteiger partial charge in [0.05, 0.1) is 27.2 Å². The van der Waals surface area contributed by atoms with Gasteiger partial charge in [0.25, 0.3) is 23.0 Å². The number of rotatable bonds is 5. The minimum atomic E-state index is -1.25. The molecule has 0 spiro atoms. The van der Waals surface area contributed by atoms with E-state index in [0.717, 1.165) is 0 Å². The van der Waals surface area contributed by atoms with Gasteiger partial charge in [-0.3, -0.25) is 28.7 Å². The lowest BCUT2D eigenvalue weighted by Gasteiger charge is -2.15. The van der Waals surface area contributed by atoms with E-state index >= 15 is 0 Å². The van der Waals surface area contributed by atoms with Crippen molar-refractivity contribution in [3.8, 4) is 0 Å². The van der Waals surface area contributed by atoms with Crippen LogP contribution in [-0.4, -0.2) is 51.5 Å². The molecule has 0 saturated heterocycles. The number of H-pyrrole nitrogens is 2. The number of imidazole rings is 2. The predicted molar refractivity (Wildman–Crippen MR) is 104 cm³/mol. The quantitative estimate of drug-likeness (QED) is 0.176. The van der Waals surface area contributed by atoms with Gasteiger partial charge in [-0.1, -0.05) is 9.97 Å². The number of nitrogen functional groups attached to an aromatic ring is 2. The molecule has 4 aromatic rings. The van der Waals surface area contributed by atoms with Crippen molar-refractivity contribution in [3.63, 3.8) is 0 Å². The fourth-order valence-corrected chi connectivity index (χ4v) is 3.52. The van der Waals surface area contributed by atoms with Crippen LogP contribution in [0.4, 0.5) is 11.9 Å². The number of aliphatic hydroxyl groups excluding tert-OH is 2. The number of aromatic nitrogens is 8. The minimum Gasteiger partial charge on any atom is -0.387 e. The molecule has 4 heterocycles. The first-order valence-electron chi connectivity index (χ1n) is 9.00. The number of fused-ring (bicyclic) bond motifs is 2. The van der Waals surface area contributed by atoms with Crippen molar-refractivity contribution < 1.29 is 19.3 Å². The molecule has 0 amide bonds. The molecule has 0 fully saturated rings. The highest BCUT2D eigenvalue weighted by atomic mass is 16.3. The number of hydrogen-bond donors (Lipinski definition) is 6. The van der Waals surface area contributed by atoms with Crippen molar-refractivity contribution in [2.24, 2.45) is 14.1 Å². The van der Waals surface area contributed by atoms with Crippen LogP contribution in [0.2, 0.25) is 0 Å². The molecule has 0 aliphatic heterocycles. The lowest BCUT2D eigenvalue weighted by Crippen LogP contribution is -2.35. The number of aryl methyl sites for hydroxylation is 2. The minimum absolute atomic E-state index is 0.0201. The maximum absolute atomic E-state index is 12.3. The normalized spacial score (nSPS) is 13.9. The molecule has 0 aliphatic carbocycles. The van der Waals surface area contributed by atoms with Gasteiger partial charge >= 0.3 is 11.3 Å². The molecular weight excluding hydrogens is 396 g/mol. The first kappa shape index (κ1) is 19.5. The van der Waals surface area contributed by atoms with Gasteiger partial charge in [-0.2, -0.15) is 0 Å². The summed E-state index contributed by atoms with van der Waals surface area (Å²) in [6.45, 7) is -0.167. The summed E-state index contributed by atoms with van der Waals surface area (Å²) in [6.07, 6.45) is 0.650. The summed E-state index contributed by atoms with van der Waals surface area (Å²) in [5, 5.41) is 21.1. The molecule has 0 bridgehead atoms. The van der Waals surface area contributed by atoms with Crippen molar-refractivity contribution in [3.05, 3.63) is 33.4 Å². The fraction of sp³-hybridized carbons (Fsp3) is 0.375. The van der Waals surface area contributed by atoms with Crippen molar-refractivity contribution in [1.82, 2.24) is 29.1 Å². The zero-order valence-corrected chi connectivity index (χ0v) is 16.3. The Hall–Kier alpha value is -3.78. The maximum atomic E-state index is 12.3. The van der Waals surface area contributed by atoms with Gasteiger partial charge in [0.15, 0.2) is 12.7 Å². The highest BCUT2D eigenvalue weighted by Crippen LogP contribution is 2.10. The standard InChI is InChI=1S/C16H20N10O4/c1-23-5-25(9-11(23)19-15(17)21-13(9)29)3-7(27)8(28)4-26-6-24(2)12-10(26)14(30)22-16(18)20-12/h5-8,27-28H,3-4H2,1-2H3,(H4-2,17,18,19,20,21,22,29,30)/p+2/t7-,8-/m0/s1. The average Bonchev–Trinajstić information content (AvgIpc) is 3.12. The molecule has 8 N–H and O–H groups in total. The van der Waals surface area contributed by atoms with Gasteiger partial charge in [-0.05, 0) is 0 Å². The SMILES string of the molecule is C[n+]1cn(C[C@H](O)[C@@H](O)Cn2c[n+](C)c3nc(N)[nH]c(=O)c32)c2c(=O)[nH]c(N)nc21. The van der Waals surface area contributed by atoms with Crippen LogP contribution < -0.4 is 31.7 Å². The Morgan fingerprint density at radius 3 is 1.63 bits per heavy atom. The third kappa shape index (κ3) is 3.17. The zero-order chi connectivity index (χ0) is 21.7. The molecule has 0 saturated carbocycles. The molecule has 4 rings (SSSR count). The van der Waals surface area contributed by atoms with Crippen LogP contribution in [0, 0.1) is 0 Å². The number of nitrogens with two attached hydrogens (primary N) is 2. The summed E-state index contributed by atoms with van der Waals surface area (Å²) in [4.78, 5) is 37.6. The van der Waals surface area contributed by atoms with Crippen LogP contribution in [0.5, 0.6) is 0 Å². The third-order valence-electron chi connectivity index (χ3n) is 4.87. The molecule has 30 heavy (non-hydrogen) atoms. The summed E-state index contributed by atoms with van der Waals surface area (Å²) >= 11 is 0. The van der Waals surface area contributed by atoms with Crippen molar-refractivity contribution in [2.75, 3.05) is 11.5 Å². The number of nitrogens with zero attached hydrogens (tertiary/aromatic N) is 6. The Labute approximate surface area is 167 Å².